The molecule has 3 heterocycles. The fraction of sp³-hybridized carbons (Fsp3) is 0.458. The summed E-state index contributed by atoms with van der Waals surface area (Å²) in [5.74, 6) is -5.45. The summed E-state index contributed by atoms with van der Waals surface area (Å²) in [5, 5.41) is 5.36. The Bertz CT molecular complexity index is 1180. The third-order valence-electron chi connectivity index (χ3n) is 5.83. The third-order valence-corrected chi connectivity index (χ3v) is 5.83. The number of nitrogens with one attached hydrogen (secondary N) is 2. The van der Waals surface area contributed by atoms with Crippen LogP contribution in [0.1, 0.15) is 63.8 Å². The van der Waals surface area contributed by atoms with E-state index in [1.165, 1.54) is 37.2 Å². The van der Waals surface area contributed by atoms with Crippen LogP contribution < -0.4 is 15.4 Å². The van der Waals surface area contributed by atoms with Gasteiger partial charge in [0.25, 0.3) is 11.8 Å². The highest BCUT2D eigenvalue weighted by molar-refractivity contribution is 6.03. The fourth-order valence-corrected chi connectivity index (χ4v) is 3.77. The molecule has 0 fully saturated rings. The largest absolute Gasteiger partial charge is 0.471 e. The van der Waals surface area contributed by atoms with Crippen molar-refractivity contribution in [2.75, 3.05) is 19.7 Å². The molecule has 1 atom stereocenters. The summed E-state index contributed by atoms with van der Waals surface area (Å²) in [6.07, 6.45) is -0.636. The SMILES string of the molecule is CC(=O)NCCCNC(=O)c1nccc2c1CN(C(C)c1cnc(OCC(F)(F)C(F)F)c(C)c1)C2=O. The Kier molecular flexibility index (Phi) is 8.66. The van der Waals surface area contributed by atoms with Crippen molar-refractivity contribution in [1.29, 1.82) is 0 Å². The molecule has 2 aromatic heterocycles. The highest BCUT2D eigenvalue weighted by Crippen LogP contribution is 2.33. The molecule has 2 aromatic rings. The van der Waals surface area contributed by atoms with Gasteiger partial charge in [-0.05, 0) is 38.0 Å². The molecule has 0 saturated heterocycles. The maximum Gasteiger partial charge on any atom is 0.340 e. The zero-order valence-corrected chi connectivity index (χ0v) is 20.5. The number of ether oxygens (including phenoxy) is 1. The Labute approximate surface area is 210 Å². The van der Waals surface area contributed by atoms with Gasteiger partial charge < -0.3 is 20.3 Å². The summed E-state index contributed by atoms with van der Waals surface area (Å²) in [5.41, 5.74) is 1.82. The Morgan fingerprint density at radius 2 is 1.92 bits per heavy atom. The lowest BCUT2D eigenvalue weighted by Gasteiger charge is -2.25. The second-order valence-corrected chi connectivity index (χ2v) is 8.63. The summed E-state index contributed by atoms with van der Waals surface area (Å²) in [4.78, 5) is 46.4. The number of nitrogens with zero attached hydrogens (tertiary/aromatic N) is 3. The van der Waals surface area contributed by atoms with E-state index >= 15 is 0 Å². The number of amides is 3. The van der Waals surface area contributed by atoms with Gasteiger partial charge >= 0.3 is 12.3 Å². The van der Waals surface area contributed by atoms with Crippen LogP contribution >= 0.6 is 0 Å². The maximum atomic E-state index is 13.2. The van der Waals surface area contributed by atoms with Gasteiger partial charge in [-0.3, -0.25) is 19.4 Å². The zero-order chi connectivity index (χ0) is 27.3. The summed E-state index contributed by atoms with van der Waals surface area (Å²) in [6.45, 7) is 3.97. The number of rotatable bonds is 11. The number of carbonyl (C=O) groups excluding carboxylic acids is 3. The summed E-state index contributed by atoms with van der Waals surface area (Å²) < 4.78 is 55.9. The van der Waals surface area contributed by atoms with Crippen LogP contribution in [0.2, 0.25) is 0 Å². The van der Waals surface area contributed by atoms with Crippen LogP contribution in [0.15, 0.2) is 24.5 Å². The number of aryl methyl sites for hydroxylation is 1. The van der Waals surface area contributed by atoms with Gasteiger partial charge in [0.2, 0.25) is 11.8 Å². The molecule has 37 heavy (non-hydrogen) atoms. The van der Waals surface area contributed by atoms with Crippen LogP contribution in [0.3, 0.4) is 0 Å². The first-order valence-corrected chi connectivity index (χ1v) is 11.5. The van der Waals surface area contributed by atoms with Crippen LogP contribution in [-0.4, -0.2) is 64.6 Å². The predicted molar refractivity (Wildman–Crippen MR) is 124 cm³/mol. The molecule has 9 nitrogen and oxygen atoms in total. The van der Waals surface area contributed by atoms with E-state index < -0.39 is 30.9 Å². The molecular formula is C24H27F4N5O4. The van der Waals surface area contributed by atoms with Gasteiger partial charge in [0.1, 0.15) is 5.69 Å². The van der Waals surface area contributed by atoms with Crippen LogP contribution in [0.4, 0.5) is 17.6 Å². The van der Waals surface area contributed by atoms with Crippen molar-refractivity contribution in [3.8, 4) is 5.88 Å². The van der Waals surface area contributed by atoms with E-state index in [9.17, 15) is 31.9 Å². The minimum absolute atomic E-state index is 0.107. The summed E-state index contributed by atoms with van der Waals surface area (Å²) in [6, 6.07) is 2.59. The van der Waals surface area contributed by atoms with E-state index in [1.54, 1.807) is 13.0 Å². The predicted octanol–water partition coefficient (Wildman–Crippen LogP) is 3.04. The first-order valence-electron chi connectivity index (χ1n) is 11.5. The topological polar surface area (TPSA) is 114 Å². The molecular weight excluding hydrogens is 498 g/mol. The van der Waals surface area contributed by atoms with Gasteiger partial charge in [0.15, 0.2) is 6.61 Å². The number of fused-ring (bicyclic) bond motifs is 1. The van der Waals surface area contributed by atoms with Crippen LogP contribution in [0, 0.1) is 6.92 Å². The van der Waals surface area contributed by atoms with Gasteiger partial charge in [-0.15, -0.1) is 0 Å². The third kappa shape index (κ3) is 6.52. The van der Waals surface area contributed by atoms with Crippen molar-refractivity contribution in [2.24, 2.45) is 0 Å². The lowest BCUT2D eigenvalue weighted by molar-refractivity contribution is -0.148. The van der Waals surface area contributed by atoms with Crippen molar-refractivity contribution >= 4 is 17.7 Å². The number of carbonyl (C=O) groups is 3. The van der Waals surface area contributed by atoms with Crippen LogP contribution in [0.5, 0.6) is 5.88 Å². The Morgan fingerprint density at radius 1 is 1.22 bits per heavy atom. The minimum atomic E-state index is -4.31. The summed E-state index contributed by atoms with van der Waals surface area (Å²) in [7, 11) is 0. The van der Waals surface area contributed by atoms with Crippen molar-refractivity contribution in [3.63, 3.8) is 0 Å². The molecule has 0 radical (unpaired) electrons. The number of halogens is 4. The molecule has 1 aliphatic heterocycles. The molecule has 3 rings (SSSR count). The molecule has 3 amide bonds. The quantitative estimate of drug-likeness (QED) is 0.345. The first kappa shape index (κ1) is 27.8. The fourth-order valence-electron chi connectivity index (χ4n) is 3.77. The average molecular weight is 526 g/mol. The molecule has 13 heteroatoms. The normalized spacial score (nSPS) is 13.9. The number of hydrogen-bond donors (Lipinski definition) is 2. The smallest absolute Gasteiger partial charge is 0.340 e. The molecule has 0 bridgehead atoms. The van der Waals surface area contributed by atoms with Crippen LogP contribution in [-0.2, 0) is 11.3 Å². The molecule has 2 N–H and O–H groups in total. The van der Waals surface area contributed by atoms with Gasteiger partial charge in [0.05, 0.1) is 6.04 Å². The lowest BCUT2D eigenvalue weighted by Crippen LogP contribution is -2.34. The minimum Gasteiger partial charge on any atom is -0.471 e. The Hall–Kier alpha value is -3.77. The van der Waals surface area contributed by atoms with Gasteiger partial charge in [-0.25, -0.2) is 13.8 Å². The van der Waals surface area contributed by atoms with E-state index in [1.807, 2.05) is 0 Å². The van der Waals surface area contributed by atoms with Crippen LogP contribution in [0.25, 0.3) is 0 Å². The number of pyridine rings is 2. The standard InChI is InChI=1S/C24H27F4N5O4/c1-13-9-16(10-32-21(13)37-12-24(27,28)23(25)26)14(2)33-11-18-17(22(33)36)5-8-30-19(18)20(35)31-7-4-6-29-15(3)34/h5,8-10,14,23H,4,6-7,11-12H2,1-3H3,(H,29,34)(H,31,35). The van der Waals surface area contributed by atoms with Crippen molar-refractivity contribution in [1.82, 2.24) is 25.5 Å². The molecule has 1 unspecified atom stereocenters. The number of aromatic nitrogens is 2. The molecule has 0 spiro atoms. The van der Waals surface area contributed by atoms with Gasteiger partial charge in [0, 0.05) is 55.6 Å². The average Bonchev–Trinajstić information content (AvgIpc) is 3.18. The molecule has 1 aliphatic rings. The summed E-state index contributed by atoms with van der Waals surface area (Å²) >= 11 is 0. The highest BCUT2D eigenvalue weighted by atomic mass is 19.3. The Balaban J connectivity index is 1.69. The highest BCUT2D eigenvalue weighted by Gasteiger charge is 2.42. The number of hydrogen-bond acceptors (Lipinski definition) is 6. The van der Waals surface area contributed by atoms with E-state index in [2.05, 4.69) is 20.6 Å². The molecule has 0 saturated carbocycles. The molecule has 0 aliphatic carbocycles. The lowest BCUT2D eigenvalue weighted by atomic mass is 10.1. The number of alkyl halides is 4. The van der Waals surface area contributed by atoms with Crippen molar-refractivity contribution in [3.05, 3.63) is 52.5 Å². The zero-order valence-electron chi connectivity index (χ0n) is 20.5. The first-order chi connectivity index (χ1) is 17.4. The second-order valence-electron chi connectivity index (χ2n) is 8.63. The maximum absolute atomic E-state index is 13.2. The van der Waals surface area contributed by atoms with Gasteiger partial charge in [-0.2, -0.15) is 8.78 Å². The van der Waals surface area contributed by atoms with Crippen molar-refractivity contribution < 1.29 is 36.7 Å². The monoisotopic (exact) mass is 525 g/mol. The molecule has 0 aromatic carbocycles. The van der Waals surface area contributed by atoms with E-state index in [0.29, 0.717) is 41.8 Å². The van der Waals surface area contributed by atoms with E-state index in [4.69, 9.17) is 4.74 Å². The van der Waals surface area contributed by atoms with Crippen molar-refractivity contribution in [2.45, 2.75) is 52.1 Å². The van der Waals surface area contributed by atoms with E-state index in [0.717, 1.165) is 0 Å². The van der Waals surface area contributed by atoms with E-state index in [-0.39, 0.29) is 29.9 Å². The molecule has 200 valence electrons. The van der Waals surface area contributed by atoms with Gasteiger partial charge in [-0.1, -0.05) is 0 Å². The second kappa shape index (κ2) is 11.5. The Morgan fingerprint density at radius 3 is 2.57 bits per heavy atom.